The number of rotatable bonds is 2. The van der Waals surface area contributed by atoms with Gasteiger partial charge in [-0.25, -0.2) is 0 Å². The molecule has 5 rings (SSSR count). The summed E-state index contributed by atoms with van der Waals surface area (Å²) in [6, 6.07) is 0. The van der Waals surface area contributed by atoms with Gasteiger partial charge >= 0.3 is 0 Å². The Balaban J connectivity index is 1.53. The summed E-state index contributed by atoms with van der Waals surface area (Å²) in [6.07, 6.45) is 12.1. The lowest BCUT2D eigenvalue weighted by Gasteiger charge is -2.60. The lowest BCUT2D eigenvalue weighted by Crippen LogP contribution is -2.56. The van der Waals surface area contributed by atoms with Crippen LogP contribution in [0.3, 0.4) is 0 Å². The molecule has 1 nitrogen and oxygen atoms in total. The minimum Gasteiger partial charge on any atom is -0.381 e. The Morgan fingerprint density at radius 1 is 1.04 bits per heavy atom. The SMILES string of the molecule is C=C(C)[C@H]1CC[C@H]2[C@@H]3C[C@@H](OC)[C@]45C[C@H]4CC[C@]5(C)[C@H]3CC[C@]12C. The standard InChI is InChI=1S/C23H36O/c1-14(2)17-6-7-18-16-12-20(24-5)23-13-15(23)8-11-22(23,4)19(16)9-10-21(17,18)3/h15-20H,1,6-13H2,2-5H3/t15-,16+,17-,18+,19+,20-,21-,22-,23+/m1/s1. The van der Waals surface area contributed by atoms with E-state index in [1.165, 1.54) is 56.9 Å². The molecule has 0 aromatic carbocycles. The molecule has 134 valence electrons. The highest BCUT2D eigenvalue weighted by Gasteiger charge is 2.77. The maximum Gasteiger partial charge on any atom is 0.0638 e. The van der Waals surface area contributed by atoms with Crippen LogP contribution in [0, 0.1) is 45.8 Å². The zero-order chi connectivity index (χ0) is 16.9. The minimum atomic E-state index is 0.522. The number of allylic oxidation sites excluding steroid dienone is 1. The third kappa shape index (κ3) is 1.58. The first-order valence-electron chi connectivity index (χ1n) is 10.6. The van der Waals surface area contributed by atoms with Crippen LogP contribution < -0.4 is 0 Å². The Labute approximate surface area is 148 Å². The van der Waals surface area contributed by atoms with E-state index < -0.39 is 0 Å². The van der Waals surface area contributed by atoms with Crippen molar-refractivity contribution in [2.24, 2.45) is 45.8 Å². The smallest absolute Gasteiger partial charge is 0.0638 e. The first kappa shape index (κ1) is 15.9. The lowest BCUT2D eigenvalue weighted by atomic mass is 9.45. The Morgan fingerprint density at radius 3 is 2.50 bits per heavy atom. The fourth-order valence-corrected chi connectivity index (χ4v) is 9.39. The van der Waals surface area contributed by atoms with Crippen LogP contribution >= 0.6 is 0 Å². The van der Waals surface area contributed by atoms with E-state index in [0.717, 1.165) is 29.6 Å². The normalized spacial score (nSPS) is 60.8. The average molecular weight is 329 g/mol. The van der Waals surface area contributed by atoms with Crippen LogP contribution in [0.4, 0.5) is 0 Å². The quantitative estimate of drug-likeness (QED) is 0.578. The fourth-order valence-electron chi connectivity index (χ4n) is 9.39. The molecule has 5 aliphatic rings. The number of hydrogen-bond acceptors (Lipinski definition) is 1. The molecule has 1 heteroatoms. The molecule has 0 heterocycles. The summed E-state index contributed by atoms with van der Waals surface area (Å²) >= 11 is 0. The molecule has 5 fully saturated rings. The topological polar surface area (TPSA) is 9.23 Å². The van der Waals surface area contributed by atoms with Gasteiger partial charge in [0.2, 0.25) is 0 Å². The molecule has 5 saturated carbocycles. The predicted molar refractivity (Wildman–Crippen MR) is 98.6 cm³/mol. The van der Waals surface area contributed by atoms with Gasteiger partial charge in [-0.3, -0.25) is 0 Å². The summed E-state index contributed by atoms with van der Waals surface area (Å²) in [5.74, 6) is 4.56. The Kier molecular flexibility index (Phi) is 3.12. The van der Waals surface area contributed by atoms with Gasteiger partial charge in [0.1, 0.15) is 0 Å². The monoisotopic (exact) mass is 328 g/mol. The van der Waals surface area contributed by atoms with Gasteiger partial charge in [0.15, 0.2) is 0 Å². The van der Waals surface area contributed by atoms with Gasteiger partial charge in [0.25, 0.3) is 0 Å². The third-order valence-electron chi connectivity index (χ3n) is 10.4. The van der Waals surface area contributed by atoms with Gasteiger partial charge in [-0.15, -0.1) is 0 Å². The maximum absolute atomic E-state index is 6.20. The lowest BCUT2D eigenvalue weighted by molar-refractivity contribution is -0.158. The van der Waals surface area contributed by atoms with Crippen molar-refractivity contribution >= 4 is 0 Å². The Bertz CT molecular complexity index is 581. The highest BCUT2D eigenvalue weighted by molar-refractivity contribution is 5.26. The molecule has 0 radical (unpaired) electrons. The van der Waals surface area contributed by atoms with E-state index >= 15 is 0 Å². The number of hydrogen-bond donors (Lipinski definition) is 0. The third-order valence-corrected chi connectivity index (χ3v) is 10.4. The molecule has 1 spiro atoms. The molecule has 0 bridgehead atoms. The Hall–Kier alpha value is -0.300. The van der Waals surface area contributed by atoms with Crippen LogP contribution in [0.1, 0.15) is 72.1 Å². The second kappa shape index (κ2) is 4.70. The van der Waals surface area contributed by atoms with Gasteiger partial charge in [-0.2, -0.15) is 0 Å². The zero-order valence-corrected chi connectivity index (χ0v) is 16.2. The molecule has 0 amide bonds. The van der Waals surface area contributed by atoms with Gasteiger partial charge in [-0.05, 0) is 98.7 Å². The van der Waals surface area contributed by atoms with Gasteiger partial charge < -0.3 is 4.74 Å². The molecular formula is C23H36O. The minimum absolute atomic E-state index is 0.522. The van der Waals surface area contributed by atoms with Crippen molar-refractivity contribution in [2.45, 2.75) is 78.2 Å². The van der Waals surface area contributed by atoms with Crippen molar-refractivity contribution in [3.63, 3.8) is 0 Å². The Morgan fingerprint density at radius 2 is 1.83 bits per heavy atom. The van der Waals surface area contributed by atoms with Crippen molar-refractivity contribution < 1.29 is 4.74 Å². The predicted octanol–water partition coefficient (Wildman–Crippen LogP) is 5.85. The van der Waals surface area contributed by atoms with E-state index in [-0.39, 0.29) is 0 Å². The van der Waals surface area contributed by atoms with Crippen LogP contribution in [0.25, 0.3) is 0 Å². The molecule has 0 aromatic rings. The maximum atomic E-state index is 6.20. The molecule has 0 saturated heterocycles. The summed E-state index contributed by atoms with van der Waals surface area (Å²) < 4.78 is 6.20. The average Bonchev–Trinajstić information content (AvgIpc) is 3.04. The van der Waals surface area contributed by atoms with Crippen LogP contribution in [0.5, 0.6) is 0 Å². The van der Waals surface area contributed by atoms with Crippen molar-refractivity contribution in [3.05, 3.63) is 12.2 Å². The molecule has 0 unspecified atom stereocenters. The number of ether oxygens (including phenoxy) is 1. The van der Waals surface area contributed by atoms with Crippen LogP contribution in [0.2, 0.25) is 0 Å². The summed E-state index contributed by atoms with van der Waals surface area (Å²) in [7, 11) is 2.00. The summed E-state index contributed by atoms with van der Waals surface area (Å²) in [5.41, 5.74) is 3.11. The molecular weight excluding hydrogens is 292 g/mol. The summed E-state index contributed by atoms with van der Waals surface area (Å²) in [6.45, 7) is 11.9. The van der Waals surface area contributed by atoms with Gasteiger partial charge in [-0.1, -0.05) is 26.0 Å². The van der Waals surface area contributed by atoms with Crippen molar-refractivity contribution in [1.82, 2.24) is 0 Å². The van der Waals surface area contributed by atoms with E-state index in [9.17, 15) is 0 Å². The first-order chi connectivity index (χ1) is 11.4. The molecule has 24 heavy (non-hydrogen) atoms. The summed E-state index contributed by atoms with van der Waals surface area (Å²) in [5, 5.41) is 0. The second-order valence-corrected chi connectivity index (χ2v) is 10.8. The van der Waals surface area contributed by atoms with Gasteiger partial charge in [0, 0.05) is 12.5 Å². The van der Waals surface area contributed by atoms with Crippen molar-refractivity contribution in [2.75, 3.05) is 7.11 Å². The zero-order valence-electron chi connectivity index (χ0n) is 16.2. The van der Waals surface area contributed by atoms with Crippen LogP contribution in [-0.4, -0.2) is 13.2 Å². The van der Waals surface area contributed by atoms with E-state index in [2.05, 4.69) is 27.4 Å². The molecule has 0 aliphatic heterocycles. The largest absolute Gasteiger partial charge is 0.381 e. The fraction of sp³-hybridized carbons (Fsp3) is 0.913. The van der Waals surface area contributed by atoms with Crippen molar-refractivity contribution in [1.29, 1.82) is 0 Å². The molecule has 5 aliphatic carbocycles. The number of methoxy groups -OCH3 is 1. The highest BCUT2D eigenvalue weighted by Crippen LogP contribution is 2.82. The van der Waals surface area contributed by atoms with E-state index in [1.54, 1.807) is 0 Å². The second-order valence-electron chi connectivity index (χ2n) is 10.8. The molecule has 9 atom stereocenters. The first-order valence-corrected chi connectivity index (χ1v) is 10.6. The molecule has 0 aromatic heterocycles. The van der Waals surface area contributed by atoms with Gasteiger partial charge in [0.05, 0.1) is 6.10 Å². The molecule has 0 N–H and O–H groups in total. The van der Waals surface area contributed by atoms with E-state index in [4.69, 9.17) is 4.74 Å². The van der Waals surface area contributed by atoms with E-state index in [0.29, 0.717) is 22.3 Å². The number of fused-ring (bicyclic) bond motifs is 4. The van der Waals surface area contributed by atoms with Crippen molar-refractivity contribution in [3.8, 4) is 0 Å². The highest BCUT2D eigenvalue weighted by atomic mass is 16.5. The van der Waals surface area contributed by atoms with E-state index in [1.807, 2.05) is 7.11 Å². The summed E-state index contributed by atoms with van der Waals surface area (Å²) in [4.78, 5) is 0. The van der Waals surface area contributed by atoms with Crippen LogP contribution in [-0.2, 0) is 4.74 Å². The van der Waals surface area contributed by atoms with Crippen LogP contribution in [0.15, 0.2) is 12.2 Å².